The van der Waals surface area contributed by atoms with Gasteiger partial charge in [0, 0.05) is 30.1 Å². The van der Waals surface area contributed by atoms with E-state index in [-0.39, 0.29) is 0 Å². The standard InChI is InChI=1S/C16H18N4/c1-12-5-4-6-14-13(12)8-10-19(14)11-16-18-17-15-7-2-3-9-20(15)16/h4-6,8,10H,2-3,7,9,11H2,1H3. The van der Waals surface area contributed by atoms with Crippen LogP contribution >= 0.6 is 0 Å². The molecule has 102 valence electrons. The lowest BCUT2D eigenvalue weighted by atomic mass is 10.1. The third kappa shape index (κ3) is 1.75. The van der Waals surface area contributed by atoms with E-state index < -0.39 is 0 Å². The average molecular weight is 266 g/mol. The summed E-state index contributed by atoms with van der Waals surface area (Å²) in [5.41, 5.74) is 2.60. The van der Waals surface area contributed by atoms with Crippen molar-refractivity contribution < 1.29 is 0 Å². The van der Waals surface area contributed by atoms with Gasteiger partial charge in [0.25, 0.3) is 0 Å². The molecule has 1 aliphatic rings. The van der Waals surface area contributed by atoms with Crippen LogP contribution in [-0.2, 0) is 19.5 Å². The van der Waals surface area contributed by atoms with Crippen LogP contribution in [0.25, 0.3) is 10.9 Å². The van der Waals surface area contributed by atoms with Crippen molar-refractivity contribution in [1.29, 1.82) is 0 Å². The third-order valence-corrected chi connectivity index (χ3v) is 4.28. The number of aromatic nitrogens is 4. The van der Waals surface area contributed by atoms with Crippen LogP contribution in [0.1, 0.15) is 30.1 Å². The topological polar surface area (TPSA) is 35.6 Å². The summed E-state index contributed by atoms with van der Waals surface area (Å²) in [5.74, 6) is 2.23. The number of hydrogen-bond acceptors (Lipinski definition) is 2. The van der Waals surface area contributed by atoms with Gasteiger partial charge in [0.2, 0.25) is 0 Å². The maximum absolute atomic E-state index is 4.39. The van der Waals surface area contributed by atoms with Crippen molar-refractivity contribution >= 4 is 10.9 Å². The first-order valence-electron chi connectivity index (χ1n) is 7.28. The van der Waals surface area contributed by atoms with Crippen LogP contribution < -0.4 is 0 Å². The summed E-state index contributed by atoms with van der Waals surface area (Å²) < 4.78 is 4.57. The molecule has 0 fully saturated rings. The molecule has 0 amide bonds. The van der Waals surface area contributed by atoms with E-state index in [2.05, 4.69) is 56.7 Å². The SMILES string of the molecule is Cc1cccc2c1ccn2Cc1nnc2n1CCCC2. The van der Waals surface area contributed by atoms with Crippen LogP contribution in [0, 0.1) is 6.92 Å². The second-order valence-electron chi connectivity index (χ2n) is 5.59. The smallest absolute Gasteiger partial charge is 0.153 e. The quantitative estimate of drug-likeness (QED) is 0.715. The van der Waals surface area contributed by atoms with Gasteiger partial charge in [-0.15, -0.1) is 10.2 Å². The molecule has 0 aliphatic carbocycles. The zero-order chi connectivity index (χ0) is 13.5. The molecule has 4 rings (SSSR count). The first-order valence-corrected chi connectivity index (χ1v) is 7.28. The van der Waals surface area contributed by atoms with Crippen LogP contribution in [0.5, 0.6) is 0 Å². The molecule has 0 spiro atoms. The lowest BCUT2D eigenvalue weighted by molar-refractivity contribution is 0.503. The van der Waals surface area contributed by atoms with Crippen LogP contribution in [0.3, 0.4) is 0 Å². The van der Waals surface area contributed by atoms with Gasteiger partial charge in [0.1, 0.15) is 5.82 Å². The number of benzene rings is 1. The zero-order valence-electron chi connectivity index (χ0n) is 11.7. The summed E-state index contributed by atoms with van der Waals surface area (Å²) in [7, 11) is 0. The van der Waals surface area contributed by atoms with Gasteiger partial charge in [0.05, 0.1) is 6.54 Å². The lowest BCUT2D eigenvalue weighted by Crippen LogP contribution is -2.14. The average Bonchev–Trinajstić information content (AvgIpc) is 3.06. The summed E-state index contributed by atoms with van der Waals surface area (Å²) in [6.45, 7) is 4.03. The van der Waals surface area contributed by atoms with E-state index in [0.717, 1.165) is 31.2 Å². The van der Waals surface area contributed by atoms with Crippen molar-refractivity contribution in [1.82, 2.24) is 19.3 Å². The van der Waals surface area contributed by atoms with Gasteiger partial charge in [-0.25, -0.2) is 0 Å². The molecule has 0 saturated heterocycles. The van der Waals surface area contributed by atoms with Crippen LogP contribution in [0.2, 0.25) is 0 Å². The molecule has 1 aromatic carbocycles. The van der Waals surface area contributed by atoms with Crippen molar-refractivity contribution in [3.05, 3.63) is 47.7 Å². The Kier molecular flexibility index (Phi) is 2.62. The predicted molar refractivity (Wildman–Crippen MR) is 78.7 cm³/mol. The second-order valence-corrected chi connectivity index (χ2v) is 5.59. The molecule has 2 aromatic heterocycles. The molecule has 3 heterocycles. The number of rotatable bonds is 2. The highest BCUT2D eigenvalue weighted by Gasteiger charge is 2.16. The van der Waals surface area contributed by atoms with Gasteiger partial charge in [-0.05, 0) is 37.5 Å². The number of fused-ring (bicyclic) bond motifs is 2. The number of nitrogens with zero attached hydrogens (tertiary/aromatic N) is 4. The molecule has 20 heavy (non-hydrogen) atoms. The minimum Gasteiger partial charge on any atom is -0.340 e. The number of aryl methyl sites for hydroxylation is 2. The molecule has 0 atom stereocenters. The monoisotopic (exact) mass is 266 g/mol. The fourth-order valence-electron chi connectivity index (χ4n) is 3.15. The van der Waals surface area contributed by atoms with Gasteiger partial charge in [-0.2, -0.15) is 0 Å². The molecule has 4 nitrogen and oxygen atoms in total. The van der Waals surface area contributed by atoms with Gasteiger partial charge < -0.3 is 9.13 Å². The van der Waals surface area contributed by atoms with Crippen molar-refractivity contribution in [3.63, 3.8) is 0 Å². The Hall–Kier alpha value is -2.10. The Morgan fingerprint density at radius 1 is 1.15 bits per heavy atom. The van der Waals surface area contributed by atoms with Gasteiger partial charge in [-0.3, -0.25) is 0 Å². The number of hydrogen-bond donors (Lipinski definition) is 0. The van der Waals surface area contributed by atoms with E-state index >= 15 is 0 Å². The maximum atomic E-state index is 4.39. The molecule has 0 saturated carbocycles. The van der Waals surface area contributed by atoms with Crippen LogP contribution in [0.4, 0.5) is 0 Å². The minimum atomic E-state index is 0.806. The van der Waals surface area contributed by atoms with Gasteiger partial charge in [0.15, 0.2) is 5.82 Å². The third-order valence-electron chi connectivity index (χ3n) is 4.28. The largest absolute Gasteiger partial charge is 0.340 e. The summed E-state index contributed by atoms with van der Waals surface area (Å²) in [4.78, 5) is 0. The fraction of sp³-hybridized carbons (Fsp3) is 0.375. The van der Waals surface area contributed by atoms with Crippen molar-refractivity contribution in [2.45, 2.75) is 39.3 Å². The maximum Gasteiger partial charge on any atom is 0.153 e. The van der Waals surface area contributed by atoms with E-state index in [9.17, 15) is 0 Å². The Bertz CT molecular complexity index is 766. The van der Waals surface area contributed by atoms with Gasteiger partial charge >= 0.3 is 0 Å². The highest BCUT2D eigenvalue weighted by Crippen LogP contribution is 2.21. The first kappa shape index (κ1) is 11.7. The Balaban J connectivity index is 1.74. The highest BCUT2D eigenvalue weighted by molar-refractivity contribution is 5.83. The lowest BCUT2D eigenvalue weighted by Gasteiger charge is -2.15. The Labute approximate surface area is 118 Å². The van der Waals surface area contributed by atoms with Crippen molar-refractivity contribution in [3.8, 4) is 0 Å². The summed E-state index contributed by atoms with van der Waals surface area (Å²) >= 11 is 0. The Morgan fingerprint density at radius 3 is 3.05 bits per heavy atom. The first-order chi connectivity index (χ1) is 9.83. The van der Waals surface area contributed by atoms with Crippen molar-refractivity contribution in [2.75, 3.05) is 0 Å². The van der Waals surface area contributed by atoms with Crippen LogP contribution in [0.15, 0.2) is 30.5 Å². The second kappa shape index (κ2) is 4.47. The minimum absolute atomic E-state index is 0.806. The van der Waals surface area contributed by atoms with E-state index in [1.807, 2.05) is 0 Å². The van der Waals surface area contributed by atoms with Crippen LogP contribution in [-0.4, -0.2) is 19.3 Å². The molecule has 1 aliphatic heterocycles. The predicted octanol–water partition coefficient (Wildman–Crippen LogP) is 2.93. The molecule has 4 heteroatoms. The molecule has 0 radical (unpaired) electrons. The zero-order valence-corrected chi connectivity index (χ0v) is 11.7. The van der Waals surface area contributed by atoms with E-state index in [1.54, 1.807) is 0 Å². The van der Waals surface area contributed by atoms with E-state index in [1.165, 1.54) is 29.3 Å². The normalized spacial score (nSPS) is 14.7. The molecule has 3 aromatic rings. The molecule has 0 N–H and O–H groups in total. The molecular weight excluding hydrogens is 248 g/mol. The van der Waals surface area contributed by atoms with Gasteiger partial charge in [-0.1, -0.05) is 12.1 Å². The molecular formula is C16H18N4. The summed E-state index contributed by atoms with van der Waals surface area (Å²) in [5, 5.41) is 10.1. The van der Waals surface area contributed by atoms with E-state index in [4.69, 9.17) is 0 Å². The summed E-state index contributed by atoms with van der Waals surface area (Å²) in [6, 6.07) is 8.65. The van der Waals surface area contributed by atoms with E-state index in [0.29, 0.717) is 0 Å². The Morgan fingerprint density at radius 2 is 2.10 bits per heavy atom. The molecule has 0 unspecified atom stereocenters. The summed E-state index contributed by atoms with van der Waals surface area (Å²) in [6.07, 6.45) is 5.70. The molecule has 0 bridgehead atoms. The van der Waals surface area contributed by atoms with Crippen molar-refractivity contribution in [2.24, 2.45) is 0 Å². The highest BCUT2D eigenvalue weighted by atomic mass is 15.3. The fourth-order valence-corrected chi connectivity index (χ4v) is 3.15.